The maximum Gasteiger partial charge on any atom is 0.0960 e. The zero-order chi connectivity index (χ0) is 14.8. The predicted octanol–water partition coefficient (Wildman–Crippen LogP) is 4.58. The summed E-state index contributed by atoms with van der Waals surface area (Å²) < 4.78 is 5.70. The van der Waals surface area contributed by atoms with Crippen LogP contribution in [0.3, 0.4) is 0 Å². The van der Waals surface area contributed by atoms with E-state index >= 15 is 0 Å². The van der Waals surface area contributed by atoms with Gasteiger partial charge in [-0.05, 0) is 31.5 Å². The van der Waals surface area contributed by atoms with E-state index in [1.807, 2.05) is 32.2 Å². The first-order valence-corrected chi connectivity index (χ1v) is 8.21. The van der Waals surface area contributed by atoms with E-state index < -0.39 is 0 Å². The van der Waals surface area contributed by atoms with E-state index in [1.54, 1.807) is 0 Å². The van der Waals surface area contributed by atoms with E-state index in [2.05, 4.69) is 39.1 Å². The summed E-state index contributed by atoms with van der Waals surface area (Å²) in [5, 5.41) is 3.17. The molecule has 1 aromatic rings. The van der Waals surface area contributed by atoms with E-state index in [4.69, 9.17) is 4.74 Å². The van der Waals surface area contributed by atoms with Crippen LogP contribution in [0.4, 0.5) is 0 Å². The minimum absolute atomic E-state index is 0.277. The molecule has 1 atom stereocenters. The third-order valence-electron chi connectivity index (χ3n) is 2.35. The van der Waals surface area contributed by atoms with Gasteiger partial charge in [-0.3, -0.25) is 0 Å². The number of aryl methyl sites for hydroxylation is 1. The van der Waals surface area contributed by atoms with Crippen LogP contribution in [-0.2, 0) is 11.2 Å². The van der Waals surface area contributed by atoms with Gasteiger partial charge in [-0.25, -0.2) is 0 Å². The van der Waals surface area contributed by atoms with Crippen molar-refractivity contribution in [1.82, 2.24) is 5.32 Å². The van der Waals surface area contributed by atoms with Crippen molar-refractivity contribution in [3.63, 3.8) is 0 Å². The quantitative estimate of drug-likeness (QED) is 0.859. The summed E-state index contributed by atoms with van der Waals surface area (Å²) in [7, 11) is 1.97. The summed E-state index contributed by atoms with van der Waals surface area (Å²) in [6.45, 7) is 14.5. The van der Waals surface area contributed by atoms with Crippen molar-refractivity contribution >= 4 is 11.3 Å². The van der Waals surface area contributed by atoms with Crippen LogP contribution in [0.1, 0.15) is 56.0 Å². The second-order valence-electron chi connectivity index (χ2n) is 5.13. The molecule has 3 heteroatoms. The summed E-state index contributed by atoms with van der Waals surface area (Å²) >= 11 is 1.91. The van der Waals surface area contributed by atoms with Gasteiger partial charge in [0.1, 0.15) is 0 Å². The highest BCUT2D eigenvalue weighted by Gasteiger charge is 2.21. The van der Waals surface area contributed by atoms with Crippen LogP contribution in [0.15, 0.2) is 6.07 Å². The molecule has 0 fully saturated rings. The Balaban J connectivity index is 0.000000467. The van der Waals surface area contributed by atoms with Gasteiger partial charge >= 0.3 is 0 Å². The first-order chi connectivity index (χ1) is 9.04. The zero-order valence-corrected chi connectivity index (χ0v) is 14.5. The summed E-state index contributed by atoms with van der Waals surface area (Å²) in [4.78, 5) is 2.92. The number of likely N-dealkylation sites (N-methyl/N-ethyl adjacent to an activating group) is 1. The van der Waals surface area contributed by atoms with E-state index in [0.717, 1.165) is 25.5 Å². The van der Waals surface area contributed by atoms with Crippen LogP contribution >= 0.6 is 11.3 Å². The van der Waals surface area contributed by atoms with Crippen molar-refractivity contribution in [2.24, 2.45) is 5.92 Å². The lowest BCUT2D eigenvalue weighted by Gasteiger charge is -2.22. The van der Waals surface area contributed by atoms with Gasteiger partial charge in [-0.1, -0.05) is 34.6 Å². The Labute approximate surface area is 123 Å². The first kappa shape index (κ1) is 18.6. The maximum atomic E-state index is 5.70. The van der Waals surface area contributed by atoms with Crippen LogP contribution in [-0.4, -0.2) is 20.2 Å². The number of hydrogen-bond acceptors (Lipinski definition) is 3. The van der Waals surface area contributed by atoms with Gasteiger partial charge in [0.15, 0.2) is 0 Å². The van der Waals surface area contributed by atoms with Gasteiger partial charge < -0.3 is 10.1 Å². The number of rotatable bonds is 2. The molecule has 0 bridgehead atoms. The van der Waals surface area contributed by atoms with Crippen molar-refractivity contribution in [2.45, 2.75) is 54.1 Å². The van der Waals surface area contributed by atoms with Gasteiger partial charge in [0.2, 0.25) is 0 Å². The SMILES string of the molecule is CC.CC(C)C.CNCC1OCCc2sc(C)cc21. The number of hydrogen-bond donors (Lipinski definition) is 1. The van der Waals surface area contributed by atoms with E-state index in [9.17, 15) is 0 Å². The lowest BCUT2D eigenvalue weighted by atomic mass is 10.1. The van der Waals surface area contributed by atoms with E-state index in [-0.39, 0.29) is 6.10 Å². The van der Waals surface area contributed by atoms with Crippen molar-refractivity contribution in [2.75, 3.05) is 20.2 Å². The fourth-order valence-corrected chi connectivity index (χ4v) is 2.86. The van der Waals surface area contributed by atoms with Crippen LogP contribution < -0.4 is 5.32 Å². The Bertz CT molecular complexity index is 331. The molecule has 1 unspecified atom stereocenters. The largest absolute Gasteiger partial charge is 0.372 e. The molecule has 1 aliphatic rings. The Kier molecular flexibility index (Phi) is 10.2. The monoisotopic (exact) mass is 285 g/mol. The fourth-order valence-electron chi connectivity index (χ4n) is 1.79. The minimum atomic E-state index is 0.277. The molecule has 112 valence electrons. The van der Waals surface area contributed by atoms with Crippen LogP contribution in [0.25, 0.3) is 0 Å². The number of fused-ring (bicyclic) bond motifs is 1. The van der Waals surface area contributed by atoms with Crippen molar-refractivity contribution < 1.29 is 4.74 Å². The van der Waals surface area contributed by atoms with Gasteiger partial charge in [0.25, 0.3) is 0 Å². The average Bonchev–Trinajstić information content (AvgIpc) is 2.73. The van der Waals surface area contributed by atoms with Gasteiger partial charge in [-0.2, -0.15) is 0 Å². The first-order valence-electron chi connectivity index (χ1n) is 7.40. The number of ether oxygens (including phenoxy) is 1. The molecular weight excluding hydrogens is 254 g/mol. The van der Waals surface area contributed by atoms with Crippen molar-refractivity contribution in [3.8, 4) is 0 Å². The smallest absolute Gasteiger partial charge is 0.0960 e. The Morgan fingerprint density at radius 2 is 1.95 bits per heavy atom. The molecule has 0 amide bonds. The lowest BCUT2D eigenvalue weighted by Crippen LogP contribution is -2.24. The second kappa shape index (κ2) is 10.4. The molecule has 1 N–H and O–H groups in total. The lowest BCUT2D eigenvalue weighted by molar-refractivity contribution is 0.0451. The molecule has 0 saturated carbocycles. The third-order valence-corrected chi connectivity index (χ3v) is 3.48. The molecule has 2 nitrogen and oxygen atoms in total. The summed E-state index contributed by atoms with van der Waals surface area (Å²) in [6, 6.07) is 2.27. The summed E-state index contributed by atoms with van der Waals surface area (Å²) in [5.41, 5.74) is 1.41. The van der Waals surface area contributed by atoms with Gasteiger partial charge in [0.05, 0.1) is 12.7 Å². The summed E-state index contributed by atoms with van der Waals surface area (Å²) in [6.07, 6.45) is 1.37. The van der Waals surface area contributed by atoms with Crippen LogP contribution in [0, 0.1) is 12.8 Å². The topological polar surface area (TPSA) is 21.3 Å². The normalized spacial score (nSPS) is 16.9. The number of thiophene rings is 1. The third kappa shape index (κ3) is 7.09. The summed E-state index contributed by atoms with van der Waals surface area (Å²) in [5.74, 6) is 0.833. The molecule has 1 aliphatic heterocycles. The maximum absolute atomic E-state index is 5.70. The standard InChI is InChI=1S/C10H15NOS.C4H10.C2H6/c1-7-5-8-9(6-11-2)12-4-3-10(8)13-7;1-4(2)3;1-2/h5,9,11H,3-4,6H2,1-2H3;4H,1-3H3;1-2H3. The van der Waals surface area contributed by atoms with Gasteiger partial charge in [0, 0.05) is 22.7 Å². The second-order valence-corrected chi connectivity index (χ2v) is 6.48. The predicted molar refractivity (Wildman–Crippen MR) is 87.2 cm³/mol. The number of nitrogens with one attached hydrogen (secondary N) is 1. The van der Waals surface area contributed by atoms with Crippen molar-refractivity contribution in [3.05, 3.63) is 21.4 Å². The molecule has 0 spiro atoms. The van der Waals surface area contributed by atoms with E-state index in [1.165, 1.54) is 15.3 Å². The van der Waals surface area contributed by atoms with Gasteiger partial charge in [-0.15, -0.1) is 11.3 Å². The highest BCUT2D eigenvalue weighted by molar-refractivity contribution is 7.12. The van der Waals surface area contributed by atoms with Crippen molar-refractivity contribution in [1.29, 1.82) is 0 Å². The zero-order valence-electron chi connectivity index (χ0n) is 13.7. The van der Waals surface area contributed by atoms with E-state index in [0.29, 0.717) is 0 Å². The van der Waals surface area contributed by atoms with Crippen LogP contribution in [0.2, 0.25) is 0 Å². The molecule has 19 heavy (non-hydrogen) atoms. The molecule has 2 rings (SSSR count). The highest BCUT2D eigenvalue weighted by atomic mass is 32.1. The minimum Gasteiger partial charge on any atom is -0.372 e. The van der Waals surface area contributed by atoms with Crippen LogP contribution in [0.5, 0.6) is 0 Å². The molecule has 2 heterocycles. The Hall–Kier alpha value is -0.380. The fraction of sp³-hybridized carbons (Fsp3) is 0.750. The molecular formula is C16H31NOS. The molecule has 0 aromatic carbocycles. The Morgan fingerprint density at radius 1 is 1.37 bits per heavy atom. The molecule has 0 radical (unpaired) electrons. The average molecular weight is 285 g/mol. The molecule has 0 saturated heterocycles. The molecule has 0 aliphatic carbocycles. The Morgan fingerprint density at radius 3 is 2.47 bits per heavy atom. The molecule has 1 aromatic heterocycles. The highest BCUT2D eigenvalue weighted by Crippen LogP contribution is 2.32.